The summed E-state index contributed by atoms with van der Waals surface area (Å²) in [6, 6.07) is 0. The van der Waals surface area contributed by atoms with Crippen LogP contribution in [0.15, 0.2) is 0 Å². The van der Waals surface area contributed by atoms with Gasteiger partial charge in [0.05, 0.1) is 6.10 Å². The first-order valence-corrected chi connectivity index (χ1v) is 4.27. The summed E-state index contributed by atoms with van der Waals surface area (Å²) in [5.74, 6) is 0.867. The molecule has 0 bridgehead atoms. The highest BCUT2D eigenvalue weighted by atomic mass is 16.3. The van der Waals surface area contributed by atoms with Crippen LogP contribution in [0.1, 0.15) is 40.5 Å². The van der Waals surface area contributed by atoms with Gasteiger partial charge in [0.1, 0.15) is 0 Å². The van der Waals surface area contributed by atoms with E-state index in [1.54, 1.807) is 0 Å². The van der Waals surface area contributed by atoms with Crippen LogP contribution < -0.4 is 0 Å². The monoisotopic (exact) mass is 144 g/mol. The average Bonchev–Trinajstić information content (AvgIpc) is 1.87. The average molecular weight is 144 g/mol. The van der Waals surface area contributed by atoms with Gasteiger partial charge in [0.25, 0.3) is 0 Å². The van der Waals surface area contributed by atoms with Crippen molar-refractivity contribution in [2.45, 2.75) is 46.6 Å². The van der Waals surface area contributed by atoms with Crippen LogP contribution >= 0.6 is 0 Å². The lowest BCUT2D eigenvalue weighted by molar-refractivity contribution is 0.0681. The van der Waals surface area contributed by atoms with Crippen molar-refractivity contribution in [3.8, 4) is 0 Å². The van der Waals surface area contributed by atoms with Crippen molar-refractivity contribution in [3.05, 3.63) is 0 Å². The highest BCUT2D eigenvalue weighted by Crippen LogP contribution is 2.16. The normalized spacial score (nSPS) is 17.4. The minimum absolute atomic E-state index is 0.111. The third-order valence-corrected chi connectivity index (χ3v) is 2.01. The molecule has 0 fully saturated rings. The molecule has 0 aliphatic carbocycles. The maximum atomic E-state index is 9.53. The van der Waals surface area contributed by atoms with Crippen LogP contribution in [0.5, 0.6) is 0 Å². The summed E-state index contributed by atoms with van der Waals surface area (Å²) in [5.41, 5.74) is 0. The second-order valence-electron chi connectivity index (χ2n) is 3.50. The summed E-state index contributed by atoms with van der Waals surface area (Å²) in [4.78, 5) is 0. The zero-order valence-corrected chi connectivity index (χ0v) is 7.59. The van der Waals surface area contributed by atoms with Crippen molar-refractivity contribution in [3.63, 3.8) is 0 Å². The van der Waals surface area contributed by atoms with Crippen molar-refractivity contribution < 1.29 is 5.11 Å². The van der Waals surface area contributed by atoms with E-state index in [4.69, 9.17) is 0 Å². The Morgan fingerprint density at radius 2 is 1.70 bits per heavy atom. The van der Waals surface area contributed by atoms with Crippen LogP contribution in [0.4, 0.5) is 0 Å². The van der Waals surface area contributed by atoms with Gasteiger partial charge < -0.3 is 5.11 Å². The second-order valence-corrected chi connectivity index (χ2v) is 3.50. The molecule has 0 saturated carbocycles. The van der Waals surface area contributed by atoms with Crippen LogP contribution in [-0.4, -0.2) is 11.2 Å². The quantitative estimate of drug-likeness (QED) is 0.642. The number of aliphatic hydroxyl groups excluding tert-OH is 1. The van der Waals surface area contributed by atoms with Gasteiger partial charge in [-0.15, -0.1) is 0 Å². The SMILES string of the molecule is CCC[C@H](C)[C@H](O)C(C)C. The van der Waals surface area contributed by atoms with E-state index in [0.717, 1.165) is 6.42 Å². The Kier molecular flexibility index (Phi) is 4.71. The van der Waals surface area contributed by atoms with E-state index in [1.165, 1.54) is 6.42 Å². The van der Waals surface area contributed by atoms with Crippen molar-refractivity contribution in [1.82, 2.24) is 0 Å². The number of hydrogen-bond acceptors (Lipinski definition) is 1. The van der Waals surface area contributed by atoms with Gasteiger partial charge in [0, 0.05) is 0 Å². The van der Waals surface area contributed by atoms with Crippen LogP contribution in [0.2, 0.25) is 0 Å². The zero-order chi connectivity index (χ0) is 8.15. The molecule has 0 spiro atoms. The van der Waals surface area contributed by atoms with Crippen LogP contribution in [0.3, 0.4) is 0 Å². The zero-order valence-electron chi connectivity index (χ0n) is 7.59. The molecule has 1 heteroatoms. The Hall–Kier alpha value is -0.0400. The summed E-state index contributed by atoms with van der Waals surface area (Å²) in [6.45, 7) is 8.41. The van der Waals surface area contributed by atoms with E-state index >= 15 is 0 Å². The molecule has 0 aromatic heterocycles. The molecule has 0 heterocycles. The predicted octanol–water partition coefficient (Wildman–Crippen LogP) is 2.44. The van der Waals surface area contributed by atoms with Gasteiger partial charge in [-0.05, 0) is 18.3 Å². The van der Waals surface area contributed by atoms with Crippen LogP contribution in [0.25, 0.3) is 0 Å². The first kappa shape index (κ1) is 9.96. The molecule has 62 valence electrons. The molecule has 1 N–H and O–H groups in total. The third-order valence-electron chi connectivity index (χ3n) is 2.01. The standard InChI is InChI=1S/C9H20O/c1-5-6-8(4)9(10)7(2)3/h7-10H,5-6H2,1-4H3/t8-,9+/m0/s1. The smallest absolute Gasteiger partial charge is 0.0588 e. The second kappa shape index (κ2) is 4.73. The Labute approximate surface area is 64.5 Å². The van der Waals surface area contributed by atoms with Gasteiger partial charge in [-0.25, -0.2) is 0 Å². The molecule has 0 aliphatic rings. The van der Waals surface area contributed by atoms with Gasteiger partial charge in [-0.1, -0.05) is 34.1 Å². The third kappa shape index (κ3) is 3.21. The topological polar surface area (TPSA) is 20.2 Å². The fourth-order valence-electron chi connectivity index (χ4n) is 1.28. The van der Waals surface area contributed by atoms with Crippen molar-refractivity contribution in [1.29, 1.82) is 0 Å². The van der Waals surface area contributed by atoms with Gasteiger partial charge in [-0.2, -0.15) is 0 Å². The Morgan fingerprint density at radius 1 is 1.20 bits per heavy atom. The van der Waals surface area contributed by atoms with Gasteiger partial charge in [-0.3, -0.25) is 0 Å². The van der Waals surface area contributed by atoms with Crippen LogP contribution in [0, 0.1) is 11.8 Å². The lowest BCUT2D eigenvalue weighted by Crippen LogP contribution is -2.23. The fraction of sp³-hybridized carbons (Fsp3) is 1.00. The highest BCUT2D eigenvalue weighted by molar-refractivity contribution is 4.66. The molecule has 0 radical (unpaired) electrons. The maximum absolute atomic E-state index is 9.53. The van der Waals surface area contributed by atoms with E-state index in [-0.39, 0.29) is 6.10 Å². The van der Waals surface area contributed by atoms with Gasteiger partial charge in [0.2, 0.25) is 0 Å². The van der Waals surface area contributed by atoms with Gasteiger partial charge in [0.15, 0.2) is 0 Å². The number of hydrogen-bond donors (Lipinski definition) is 1. The van der Waals surface area contributed by atoms with E-state index in [1.807, 2.05) is 0 Å². The summed E-state index contributed by atoms with van der Waals surface area (Å²) in [6.07, 6.45) is 2.20. The summed E-state index contributed by atoms with van der Waals surface area (Å²) >= 11 is 0. The summed E-state index contributed by atoms with van der Waals surface area (Å²) in [7, 11) is 0. The number of aliphatic hydroxyl groups is 1. The molecule has 0 rings (SSSR count). The Morgan fingerprint density at radius 3 is 2.00 bits per heavy atom. The molecule has 0 unspecified atom stereocenters. The Bertz CT molecular complexity index is 78.8. The van der Waals surface area contributed by atoms with E-state index in [0.29, 0.717) is 11.8 Å². The lowest BCUT2D eigenvalue weighted by Gasteiger charge is -2.21. The number of rotatable bonds is 4. The molecule has 1 nitrogen and oxygen atoms in total. The van der Waals surface area contributed by atoms with Crippen LogP contribution in [-0.2, 0) is 0 Å². The van der Waals surface area contributed by atoms with Crippen molar-refractivity contribution in [2.75, 3.05) is 0 Å². The first-order valence-electron chi connectivity index (χ1n) is 4.27. The van der Waals surface area contributed by atoms with E-state index in [9.17, 15) is 5.11 Å². The first-order chi connectivity index (χ1) is 4.59. The summed E-state index contributed by atoms with van der Waals surface area (Å²) < 4.78 is 0. The highest BCUT2D eigenvalue weighted by Gasteiger charge is 2.15. The molecule has 0 aromatic carbocycles. The Balaban J connectivity index is 3.58. The summed E-state index contributed by atoms with van der Waals surface area (Å²) in [5, 5.41) is 9.53. The molecule has 0 aromatic rings. The molecule has 0 aliphatic heterocycles. The molecular weight excluding hydrogens is 124 g/mol. The van der Waals surface area contributed by atoms with E-state index < -0.39 is 0 Å². The molecule has 10 heavy (non-hydrogen) atoms. The van der Waals surface area contributed by atoms with Gasteiger partial charge >= 0.3 is 0 Å². The van der Waals surface area contributed by atoms with Crippen molar-refractivity contribution in [2.24, 2.45) is 11.8 Å². The molecular formula is C9H20O. The molecule has 2 atom stereocenters. The molecule has 0 saturated heterocycles. The van der Waals surface area contributed by atoms with Crippen molar-refractivity contribution >= 4 is 0 Å². The minimum atomic E-state index is -0.111. The largest absolute Gasteiger partial charge is 0.393 e. The predicted molar refractivity (Wildman–Crippen MR) is 44.9 cm³/mol. The molecule has 0 amide bonds. The fourth-order valence-corrected chi connectivity index (χ4v) is 1.28. The maximum Gasteiger partial charge on any atom is 0.0588 e. The lowest BCUT2D eigenvalue weighted by atomic mass is 9.92. The van der Waals surface area contributed by atoms with E-state index in [2.05, 4.69) is 27.7 Å². The minimum Gasteiger partial charge on any atom is -0.393 e.